The number of nitrogens with one attached hydrogen (secondary N) is 1. The highest BCUT2D eigenvalue weighted by Crippen LogP contribution is 2.36. The SMILES string of the molecule is COc1ccccc1NC(=O)CCCCCN1C(=O)/C(=C/c2ccc3c(c2)OCO3)SC1=S. The van der Waals surface area contributed by atoms with Crippen molar-refractivity contribution in [2.45, 2.75) is 25.7 Å². The van der Waals surface area contributed by atoms with Crippen LogP contribution in [0, 0.1) is 0 Å². The van der Waals surface area contributed by atoms with E-state index in [0.717, 1.165) is 24.8 Å². The van der Waals surface area contributed by atoms with Crippen LogP contribution in [0.1, 0.15) is 31.2 Å². The molecule has 2 aliphatic heterocycles. The molecule has 0 radical (unpaired) electrons. The molecular formula is C24H24N2O5S2. The predicted molar refractivity (Wildman–Crippen MR) is 133 cm³/mol. The molecule has 0 atom stereocenters. The lowest BCUT2D eigenvalue weighted by molar-refractivity contribution is -0.122. The van der Waals surface area contributed by atoms with Crippen LogP contribution in [0.15, 0.2) is 47.4 Å². The van der Waals surface area contributed by atoms with Gasteiger partial charge in [-0.15, -0.1) is 0 Å². The van der Waals surface area contributed by atoms with Crippen LogP contribution in [-0.2, 0) is 9.59 Å². The van der Waals surface area contributed by atoms with Crippen molar-refractivity contribution in [1.82, 2.24) is 4.90 Å². The van der Waals surface area contributed by atoms with E-state index in [0.29, 0.717) is 45.1 Å². The Labute approximate surface area is 202 Å². The Morgan fingerprint density at radius 1 is 1.18 bits per heavy atom. The first-order valence-electron chi connectivity index (χ1n) is 10.6. The second kappa shape index (κ2) is 10.7. The number of fused-ring (bicyclic) bond motifs is 1. The van der Waals surface area contributed by atoms with Gasteiger partial charge in [0.2, 0.25) is 12.7 Å². The van der Waals surface area contributed by atoms with Crippen LogP contribution in [0.5, 0.6) is 17.2 Å². The molecule has 1 saturated heterocycles. The lowest BCUT2D eigenvalue weighted by atomic mass is 10.1. The number of carbonyl (C=O) groups is 2. The van der Waals surface area contributed by atoms with Gasteiger partial charge in [-0.3, -0.25) is 14.5 Å². The van der Waals surface area contributed by atoms with E-state index >= 15 is 0 Å². The van der Waals surface area contributed by atoms with Gasteiger partial charge in [-0.05, 0) is 48.7 Å². The third-order valence-corrected chi connectivity index (χ3v) is 6.61. The Morgan fingerprint density at radius 3 is 2.85 bits per heavy atom. The highest BCUT2D eigenvalue weighted by Gasteiger charge is 2.31. The Balaban J connectivity index is 1.22. The lowest BCUT2D eigenvalue weighted by Gasteiger charge is -2.14. The number of nitrogens with zero attached hydrogens (tertiary/aromatic N) is 1. The van der Waals surface area contributed by atoms with Crippen molar-refractivity contribution in [2.24, 2.45) is 0 Å². The van der Waals surface area contributed by atoms with Gasteiger partial charge in [-0.1, -0.05) is 48.6 Å². The molecule has 0 unspecified atom stereocenters. The maximum atomic E-state index is 12.8. The zero-order valence-corrected chi connectivity index (χ0v) is 19.8. The number of rotatable bonds is 9. The summed E-state index contributed by atoms with van der Waals surface area (Å²) in [5, 5.41) is 2.88. The average molecular weight is 485 g/mol. The number of hydrogen-bond donors (Lipinski definition) is 1. The predicted octanol–water partition coefficient (Wildman–Crippen LogP) is 4.82. The summed E-state index contributed by atoms with van der Waals surface area (Å²) in [6.45, 7) is 0.750. The molecule has 9 heteroatoms. The third-order valence-electron chi connectivity index (χ3n) is 5.23. The molecule has 0 saturated carbocycles. The average Bonchev–Trinajstić information content (AvgIpc) is 3.38. The molecule has 2 amide bonds. The van der Waals surface area contributed by atoms with Crippen molar-refractivity contribution in [3.63, 3.8) is 0 Å². The summed E-state index contributed by atoms with van der Waals surface area (Å²) in [5.41, 5.74) is 1.53. The molecule has 0 aromatic heterocycles. The summed E-state index contributed by atoms with van der Waals surface area (Å²) in [5.74, 6) is 1.87. The fraction of sp³-hybridized carbons (Fsp3) is 0.292. The smallest absolute Gasteiger partial charge is 0.266 e. The van der Waals surface area contributed by atoms with Crippen molar-refractivity contribution in [3.8, 4) is 17.2 Å². The van der Waals surface area contributed by atoms with Gasteiger partial charge in [-0.25, -0.2) is 0 Å². The monoisotopic (exact) mass is 484 g/mol. The largest absolute Gasteiger partial charge is 0.495 e. The number of methoxy groups -OCH3 is 1. The maximum Gasteiger partial charge on any atom is 0.266 e. The second-order valence-electron chi connectivity index (χ2n) is 7.51. The van der Waals surface area contributed by atoms with Gasteiger partial charge in [0.25, 0.3) is 5.91 Å². The number of amides is 2. The molecule has 33 heavy (non-hydrogen) atoms. The van der Waals surface area contributed by atoms with Crippen molar-refractivity contribution in [1.29, 1.82) is 0 Å². The van der Waals surface area contributed by atoms with Gasteiger partial charge in [0.1, 0.15) is 10.1 Å². The van der Waals surface area contributed by atoms with Crippen LogP contribution in [0.2, 0.25) is 0 Å². The molecule has 2 aromatic carbocycles. The normalized spacial score (nSPS) is 15.9. The maximum absolute atomic E-state index is 12.8. The number of thioether (sulfide) groups is 1. The Kier molecular flexibility index (Phi) is 7.51. The molecule has 2 aromatic rings. The van der Waals surface area contributed by atoms with Crippen molar-refractivity contribution in [2.75, 3.05) is 25.8 Å². The van der Waals surface area contributed by atoms with Crippen LogP contribution >= 0.6 is 24.0 Å². The van der Waals surface area contributed by atoms with E-state index in [1.54, 1.807) is 18.1 Å². The first-order chi connectivity index (χ1) is 16.0. The summed E-state index contributed by atoms with van der Waals surface area (Å²) in [4.78, 5) is 27.2. The molecule has 7 nitrogen and oxygen atoms in total. The first kappa shape index (κ1) is 23.1. The van der Waals surface area contributed by atoms with Gasteiger partial charge in [0.15, 0.2) is 11.5 Å². The number of unbranched alkanes of at least 4 members (excludes halogenated alkanes) is 2. The summed E-state index contributed by atoms with van der Waals surface area (Å²) in [6, 6.07) is 12.9. The Morgan fingerprint density at radius 2 is 2.00 bits per heavy atom. The number of hydrogen-bond acceptors (Lipinski definition) is 7. The van der Waals surface area contributed by atoms with E-state index in [-0.39, 0.29) is 18.6 Å². The van der Waals surface area contributed by atoms with Crippen LogP contribution in [0.3, 0.4) is 0 Å². The number of para-hydroxylation sites is 2. The Bertz CT molecular complexity index is 1100. The van der Waals surface area contributed by atoms with Gasteiger partial charge in [-0.2, -0.15) is 0 Å². The molecule has 2 heterocycles. The van der Waals surface area contributed by atoms with E-state index in [1.165, 1.54) is 11.8 Å². The van der Waals surface area contributed by atoms with E-state index < -0.39 is 0 Å². The quantitative estimate of drug-likeness (QED) is 0.310. The molecule has 1 N–H and O–H groups in total. The number of carbonyl (C=O) groups excluding carboxylic acids is 2. The van der Waals surface area contributed by atoms with Gasteiger partial charge in [0, 0.05) is 13.0 Å². The second-order valence-corrected chi connectivity index (χ2v) is 9.18. The molecule has 2 aliphatic rings. The minimum absolute atomic E-state index is 0.0585. The van der Waals surface area contributed by atoms with Gasteiger partial charge >= 0.3 is 0 Å². The number of benzene rings is 2. The summed E-state index contributed by atoms with van der Waals surface area (Å²) in [6.07, 6.45) is 4.54. The minimum Gasteiger partial charge on any atom is -0.495 e. The first-order valence-corrected chi connectivity index (χ1v) is 11.9. The van der Waals surface area contributed by atoms with E-state index in [2.05, 4.69) is 5.32 Å². The fourth-order valence-corrected chi connectivity index (χ4v) is 4.85. The Hall–Kier alpha value is -3.04. The minimum atomic E-state index is -0.0865. The van der Waals surface area contributed by atoms with E-state index in [9.17, 15) is 9.59 Å². The zero-order valence-electron chi connectivity index (χ0n) is 18.2. The van der Waals surface area contributed by atoms with E-state index in [4.69, 9.17) is 26.4 Å². The molecule has 0 bridgehead atoms. The number of ether oxygens (including phenoxy) is 3. The summed E-state index contributed by atoms with van der Waals surface area (Å²) in [7, 11) is 1.57. The number of anilines is 1. The lowest BCUT2D eigenvalue weighted by Crippen LogP contribution is -2.29. The van der Waals surface area contributed by atoms with Crippen LogP contribution in [-0.4, -0.2) is 41.5 Å². The van der Waals surface area contributed by atoms with Gasteiger partial charge < -0.3 is 19.5 Å². The molecule has 0 aliphatic carbocycles. The van der Waals surface area contributed by atoms with Crippen molar-refractivity contribution >= 4 is 51.9 Å². The summed E-state index contributed by atoms with van der Waals surface area (Å²) < 4.78 is 16.5. The molecular weight excluding hydrogens is 460 g/mol. The van der Waals surface area contributed by atoms with Crippen molar-refractivity contribution < 1.29 is 23.8 Å². The van der Waals surface area contributed by atoms with Crippen LogP contribution in [0.25, 0.3) is 6.08 Å². The zero-order chi connectivity index (χ0) is 23.2. The molecule has 0 spiro atoms. The highest BCUT2D eigenvalue weighted by molar-refractivity contribution is 8.26. The highest BCUT2D eigenvalue weighted by atomic mass is 32.2. The summed E-state index contributed by atoms with van der Waals surface area (Å²) >= 11 is 6.72. The molecule has 4 rings (SSSR count). The number of thiocarbonyl (C=S) groups is 1. The van der Waals surface area contributed by atoms with Gasteiger partial charge in [0.05, 0.1) is 17.7 Å². The third kappa shape index (κ3) is 5.66. The molecule has 172 valence electrons. The van der Waals surface area contributed by atoms with E-state index in [1.807, 2.05) is 42.5 Å². The standard InChI is InChI=1S/C24H24N2O5S2/c1-29-18-8-5-4-7-17(18)25-22(27)9-3-2-6-12-26-23(28)21(33-24(26)32)14-16-10-11-19-20(13-16)31-15-30-19/h4-5,7-8,10-11,13-14H,2-3,6,9,12,15H2,1H3,(H,25,27)/b21-14-. The van der Waals surface area contributed by atoms with Crippen LogP contribution in [0.4, 0.5) is 5.69 Å². The molecule has 1 fully saturated rings. The fourth-order valence-electron chi connectivity index (χ4n) is 3.54. The van der Waals surface area contributed by atoms with Crippen molar-refractivity contribution in [3.05, 3.63) is 52.9 Å². The van der Waals surface area contributed by atoms with Crippen LogP contribution < -0.4 is 19.5 Å². The topological polar surface area (TPSA) is 77.1 Å².